The molecule has 86 valence electrons. The van der Waals surface area contributed by atoms with E-state index in [1.807, 2.05) is 12.1 Å². The van der Waals surface area contributed by atoms with Crippen molar-refractivity contribution in [2.45, 2.75) is 25.3 Å². The molecule has 0 aliphatic carbocycles. The van der Waals surface area contributed by atoms with Gasteiger partial charge in [0.1, 0.15) is 6.04 Å². The van der Waals surface area contributed by atoms with Crippen LogP contribution in [0.25, 0.3) is 0 Å². The van der Waals surface area contributed by atoms with E-state index in [-0.39, 0.29) is 12.0 Å². The van der Waals surface area contributed by atoms with Gasteiger partial charge in [0.05, 0.1) is 7.11 Å². The lowest BCUT2D eigenvalue weighted by Gasteiger charge is -2.12. The Labute approximate surface area is 95.8 Å². The average Bonchev–Trinajstić information content (AvgIpc) is 2.78. The molecule has 1 aromatic rings. The van der Waals surface area contributed by atoms with E-state index in [0.717, 1.165) is 13.0 Å². The predicted molar refractivity (Wildman–Crippen MR) is 62.3 cm³/mol. The van der Waals surface area contributed by atoms with E-state index in [0.29, 0.717) is 5.92 Å². The van der Waals surface area contributed by atoms with Crippen molar-refractivity contribution in [1.82, 2.24) is 5.32 Å². The van der Waals surface area contributed by atoms with Gasteiger partial charge in [0, 0.05) is 6.54 Å². The fraction of sp³-hybridized carbons (Fsp3) is 0.462. The van der Waals surface area contributed by atoms with Crippen molar-refractivity contribution in [3.8, 4) is 0 Å². The number of carbonyl (C=O) groups excluding carboxylic acids is 1. The van der Waals surface area contributed by atoms with Gasteiger partial charge in [-0.1, -0.05) is 24.3 Å². The van der Waals surface area contributed by atoms with Crippen molar-refractivity contribution >= 4 is 5.97 Å². The second-order valence-electron chi connectivity index (χ2n) is 4.27. The maximum absolute atomic E-state index is 11.4. The second-order valence-corrected chi connectivity index (χ2v) is 4.27. The van der Waals surface area contributed by atoms with Crippen LogP contribution in [0.3, 0.4) is 0 Å². The molecular formula is C13H17NO2. The number of hydrogen-bond donors (Lipinski definition) is 1. The normalized spacial score (nSPS) is 24.4. The Kier molecular flexibility index (Phi) is 3.25. The van der Waals surface area contributed by atoms with Crippen LogP contribution in [0, 0.1) is 6.92 Å². The highest BCUT2D eigenvalue weighted by Crippen LogP contribution is 2.28. The summed E-state index contributed by atoms with van der Waals surface area (Å²) in [7, 11) is 1.44. The summed E-state index contributed by atoms with van der Waals surface area (Å²) in [5, 5.41) is 3.21. The Bertz CT molecular complexity index is 389. The predicted octanol–water partition coefficient (Wildman–Crippen LogP) is 1.61. The summed E-state index contributed by atoms with van der Waals surface area (Å²) in [5.41, 5.74) is 2.63. The first-order chi connectivity index (χ1) is 7.72. The number of nitrogens with one attached hydrogen (secondary N) is 1. The van der Waals surface area contributed by atoms with E-state index in [9.17, 15) is 4.79 Å². The number of aryl methyl sites for hydroxylation is 1. The van der Waals surface area contributed by atoms with Crippen LogP contribution >= 0.6 is 0 Å². The van der Waals surface area contributed by atoms with Crippen LogP contribution in [0.15, 0.2) is 24.3 Å². The van der Waals surface area contributed by atoms with Crippen molar-refractivity contribution in [3.05, 3.63) is 35.4 Å². The molecule has 0 aromatic heterocycles. The van der Waals surface area contributed by atoms with Crippen LogP contribution < -0.4 is 5.32 Å². The van der Waals surface area contributed by atoms with E-state index >= 15 is 0 Å². The highest BCUT2D eigenvalue weighted by molar-refractivity contribution is 5.76. The molecule has 0 bridgehead atoms. The quantitative estimate of drug-likeness (QED) is 0.768. The number of methoxy groups -OCH3 is 1. The van der Waals surface area contributed by atoms with Crippen molar-refractivity contribution in [2.75, 3.05) is 13.7 Å². The monoisotopic (exact) mass is 219 g/mol. The van der Waals surface area contributed by atoms with E-state index in [1.165, 1.54) is 18.2 Å². The molecule has 1 aliphatic heterocycles. The van der Waals surface area contributed by atoms with Gasteiger partial charge in [-0.05, 0) is 30.4 Å². The van der Waals surface area contributed by atoms with Crippen molar-refractivity contribution in [1.29, 1.82) is 0 Å². The highest BCUT2D eigenvalue weighted by Gasteiger charge is 2.31. The summed E-state index contributed by atoms with van der Waals surface area (Å²) in [4.78, 5) is 11.4. The van der Waals surface area contributed by atoms with Gasteiger partial charge in [-0.3, -0.25) is 4.79 Å². The maximum atomic E-state index is 11.4. The van der Waals surface area contributed by atoms with Crippen molar-refractivity contribution in [3.63, 3.8) is 0 Å². The van der Waals surface area contributed by atoms with E-state index in [2.05, 4.69) is 24.4 Å². The van der Waals surface area contributed by atoms with Gasteiger partial charge in [0.25, 0.3) is 0 Å². The summed E-state index contributed by atoms with van der Waals surface area (Å²) in [5.74, 6) is 0.265. The fourth-order valence-electron chi connectivity index (χ4n) is 2.34. The number of esters is 1. The Hall–Kier alpha value is -1.35. The first-order valence-corrected chi connectivity index (χ1v) is 5.59. The molecule has 2 atom stereocenters. The van der Waals surface area contributed by atoms with Gasteiger partial charge in [0.15, 0.2) is 0 Å². The van der Waals surface area contributed by atoms with Crippen LogP contribution in [0.5, 0.6) is 0 Å². The molecule has 1 N–H and O–H groups in total. The summed E-state index contributed by atoms with van der Waals surface area (Å²) in [6.07, 6.45) is 0.831. The van der Waals surface area contributed by atoms with Gasteiger partial charge in [-0.2, -0.15) is 0 Å². The SMILES string of the molecule is COC(=O)[C@@H]1C[C@H](c2ccccc2C)CN1. The number of benzene rings is 1. The van der Waals surface area contributed by atoms with Crippen LogP contribution in [0.1, 0.15) is 23.5 Å². The Morgan fingerprint density at radius 1 is 1.44 bits per heavy atom. The lowest BCUT2D eigenvalue weighted by atomic mass is 9.93. The second kappa shape index (κ2) is 4.66. The molecule has 2 rings (SSSR count). The molecular weight excluding hydrogens is 202 g/mol. The molecule has 1 fully saturated rings. The molecule has 16 heavy (non-hydrogen) atoms. The highest BCUT2D eigenvalue weighted by atomic mass is 16.5. The smallest absolute Gasteiger partial charge is 0.322 e. The summed E-state index contributed by atoms with van der Waals surface area (Å²) < 4.78 is 4.75. The molecule has 1 aliphatic rings. The minimum Gasteiger partial charge on any atom is -0.468 e. The molecule has 1 heterocycles. The molecule has 0 spiro atoms. The molecule has 0 saturated carbocycles. The van der Waals surface area contributed by atoms with Gasteiger partial charge >= 0.3 is 5.97 Å². The third-order valence-corrected chi connectivity index (χ3v) is 3.24. The van der Waals surface area contributed by atoms with Crippen LogP contribution in [-0.4, -0.2) is 25.7 Å². The Balaban J connectivity index is 2.09. The molecule has 0 amide bonds. The number of hydrogen-bond acceptors (Lipinski definition) is 3. The molecule has 0 radical (unpaired) electrons. The largest absolute Gasteiger partial charge is 0.468 e. The molecule has 0 unspecified atom stereocenters. The fourth-order valence-corrected chi connectivity index (χ4v) is 2.34. The van der Waals surface area contributed by atoms with Gasteiger partial charge in [-0.25, -0.2) is 0 Å². The Morgan fingerprint density at radius 2 is 2.19 bits per heavy atom. The molecule has 3 nitrogen and oxygen atoms in total. The summed E-state index contributed by atoms with van der Waals surface area (Å²) in [6, 6.07) is 8.20. The van der Waals surface area contributed by atoms with E-state index < -0.39 is 0 Å². The van der Waals surface area contributed by atoms with E-state index in [4.69, 9.17) is 4.74 Å². The third kappa shape index (κ3) is 2.09. The zero-order chi connectivity index (χ0) is 11.5. The van der Waals surface area contributed by atoms with E-state index in [1.54, 1.807) is 0 Å². The van der Waals surface area contributed by atoms with Gasteiger partial charge < -0.3 is 10.1 Å². The minimum absolute atomic E-state index is 0.144. The summed E-state index contributed by atoms with van der Waals surface area (Å²) >= 11 is 0. The number of rotatable bonds is 2. The molecule has 3 heteroatoms. The standard InChI is InChI=1S/C13H17NO2/c1-9-5-3-4-6-11(9)10-7-12(14-8-10)13(15)16-2/h3-6,10,12,14H,7-8H2,1-2H3/t10-,12-/m0/s1. The zero-order valence-electron chi connectivity index (χ0n) is 9.69. The lowest BCUT2D eigenvalue weighted by Crippen LogP contribution is -2.31. The molecule has 1 aromatic carbocycles. The van der Waals surface area contributed by atoms with Gasteiger partial charge in [-0.15, -0.1) is 0 Å². The first-order valence-electron chi connectivity index (χ1n) is 5.59. The van der Waals surface area contributed by atoms with Crippen molar-refractivity contribution in [2.24, 2.45) is 0 Å². The topological polar surface area (TPSA) is 38.3 Å². The van der Waals surface area contributed by atoms with Crippen LogP contribution in [0.2, 0.25) is 0 Å². The minimum atomic E-state index is -0.156. The number of ether oxygens (including phenoxy) is 1. The third-order valence-electron chi connectivity index (χ3n) is 3.24. The van der Waals surface area contributed by atoms with Gasteiger partial charge in [0.2, 0.25) is 0 Å². The number of carbonyl (C=O) groups is 1. The summed E-state index contributed by atoms with van der Waals surface area (Å²) in [6.45, 7) is 2.96. The van der Waals surface area contributed by atoms with Crippen molar-refractivity contribution < 1.29 is 9.53 Å². The van der Waals surface area contributed by atoms with Crippen LogP contribution in [0.4, 0.5) is 0 Å². The molecule has 1 saturated heterocycles. The first kappa shape index (κ1) is 11.1. The zero-order valence-corrected chi connectivity index (χ0v) is 9.69. The lowest BCUT2D eigenvalue weighted by molar-refractivity contribution is -0.142. The van der Waals surface area contributed by atoms with Crippen LogP contribution in [-0.2, 0) is 9.53 Å². The Morgan fingerprint density at radius 3 is 2.88 bits per heavy atom. The average molecular weight is 219 g/mol. The maximum Gasteiger partial charge on any atom is 0.322 e.